The zero-order valence-corrected chi connectivity index (χ0v) is 20.3. The first kappa shape index (κ1) is 22.0. The number of carbonyl (C=O) groups excluding carboxylic acids is 2. The number of hydrogen-bond donors (Lipinski definition) is 1. The predicted molar refractivity (Wildman–Crippen MR) is 128 cm³/mol. The molecule has 2 amide bonds. The van der Waals surface area contributed by atoms with Crippen molar-refractivity contribution in [2.75, 3.05) is 11.9 Å². The number of hydrogen-bond acceptors (Lipinski definition) is 2. The van der Waals surface area contributed by atoms with Crippen LogP contribution in [0.1, 0.15) is 65.7 Å². The maximum Gasteiger partial charge on any atom is 0.260 e. The smallest absolute Gasteiger partial charge is 0.260 e. The van der Waals surface area contributed by atoms with E-state index in [0.717, 1.165) is 12.3 Å². The maximum atomic E-state index is 13.4. The summed E-state index contributed by atoms with van der Waals surface area (Å²) in [6.07, 6.45) is 10.9. The normalized spacial score (nSPS) is 38.4. The van der Waals surface area contributed by atoms with Gasteiger partial charge in [-0.15, -0.1) is 0 Å². The maximum absolute atomic E-state index is 13.4. The number of benzene rings is 1. The Balaban J connectivity index is 1.51. The van der Waals surface area contributed by atoms with Gasteiger partial charge in [0.05, 0.1) is 10.7 Å². The van der Waals surface area contributed by atoms with Crippen LogP contribution in [-0.4, -0.2) is 29.3 Å². The number of para-hydroxylation sites is 1. The van der Waals surface area contributed by atoms with Crippen LogP contribution < -0.4 is 5.32 Å². The van der Waals surface area contributed by atoms with Crippen LogP contribution in [0.4, 0.5) is 5.69 Å². The molecule has 3 saturated carbocycles. The molecule has 1 aromatic rings. The van der Waals surface area contributed by atoms with Crippen LogP contribution >= 0.6 is 11.6 Å². The second-order valence-electron chi connectivity index (χ2n) is 11.0. The summed E-state index contributed by atoms with van der Waals surface area (Å²) in [7, 11) is 0. The van der Waals surface area contributed by atoms with Gasteiger partial charge in [0.1, 0.15) is 5.57 Å². The van der Waals surface area contributed by atoms with Crippen molar-refractivity contribution in [1.29, 1.82) is 0 Å². The summed E-state index contributed by atoms with van der Waals surface area (Å²) in [5, 5.41) is 3.37. The second kappa shape index (κ2) is 7.90. The van der Waals surface area contributed by atoms with Crippen LogP contribution in [0, 0.1) is 28.6 Å². The molecule has 4 aliphatic rings. The molecular formula is C27H35ClN2O2. The number of anilines is 1. The molecule has 1 heterocycles. The highest BCUT2D eigenvalue weighted by Crippen LogP contribution is 2.64. The summed E-state index contributed by atoms with van der Waals surface area (Å²) in [5.41, 5.74) is 1.16. The SMILES string of the molecule is CCN1C(=O)C(C(=O)Nc2ccccc2Cl)=C[C@@]2(C)C1CC[C@@H]1[C@H]2CC[C@]2(C)CCC[C@@H]12. The first-order valence-corrected chi connectivity index (χ1v) is 12.8. The molecule has 1 unspecified atom stereocenters. The molecule has 3 fully saturated rings. The molecule has 1 aromatic carbocycles. The van der Waals surface area contributed by atoms with Gasteiger partial charge in [-0.05, 0) is 80.8 Å². The first-order valence-electron chi connectivity index (χ1n) is 12.4. The van der Waals surface area contributed by atoms with Crippen molar-refractivity contribution in [2.24, 2.45) is 28.6 Å². The van der Waals surface area contributed by atoms with E-state index in [1.54, 1.807) is 12.1 Å². The number of likely N-dealkylation sites (N-methyl/N-ethyl adjacent to an activating group) is 1. The summed E-state index contributed by atoms with van der Waals surface area (Å²) < 4.78 is 0. The van der Waals surface area contributed by atoms with E-state index < -0.39 is 0 Å². The van der Waals surface area contributed by atoms with Crippen molar-refractivity contribution in [3.63, 3.8) is 0 Å². The summed E-state index contributed by atoms with van der Waals surface area (Å²) in [4.78, 5) is 28.7. The van der Waals surface area contributed by atoms with E-state index in [0.29, 0.717) is 34.5 Å². The Bertz CT molecular complexity index is 974. The van der Waals surface area contributed by atoms with Gasteiger partial charge in [0.15, 0.2) is 0 Å². The highest BCUT2D eigenvalue weighted by Gasteiger charge is 2.59. The lowest BCUT2D eigenvalue weighted by Crippen LogP contribution is -2.61. The van der Waals surface area contributed by atoms with Crippen molar-refractivity contribution < 1.29 is 9.59 Å². The number of carbonyl (C=O) groups is 2. The Morgan fingerprint density at radius 1 is 1.12 bits per heavy atom. The Morgan fingerprint density at radius 2 is 1.91 bits per heavy atom. The number of halogens is 1. The fourth-order valence-electron chi connectivity index (χ4n) is 8.01. The molecule has 6 atom stereocenters. The lowest BCUT2D eigenvalue weighted by atomic mass is 9.48. The Labute approximate surface area is 196 Å². The lowest BCUT2D eigenvalue weighted by molar-refractivity contribution is -0.143. The number of amides is 2. The third-order valence-electron chi connectivity index (χ3n) is 9.54. The third-order valence-corrected chi connectivity index (χ3v) is 9.87. The molecule has 3 aliphatic carbocycles. The van der Waals surface area contributed by atoms with Gasteiger partial charge in [-0.2, -0.15) is 0 Å². The van der Waals surface area contributed by atoms with Gasteiger partial charge in [0.25, 0.3) is 11.8 Å². The van der Waals surface area contributed by atoms with E-state index in [2.05, 4.69) is 25.2 Å². The third kappa shape index (κ3) is 3.24. The van der Waals surface area contributed by atoms with Gasteiger partial charge in [0, 0.05) is 18.0 Å². The van der Waals surface area contributed by atoms with Crippen LogP contribution in [-0.2, 0) is 9.59 Å². The van der Waals surface area contributed by atoms with Crippen LogP contribution in [0.15, 0.2) is 35.9 Å². The second-order valence-corrected chi connectivity index (χ2v) is 11.4. The number of fused-ring (bicyclic) bond motifs is 5. The van der Waals surface area contributed by atoms with Crippen molar-refractivity contribution >= 4 is 29.1 Å². The molecule has 0 aromatic heterocycles. The van der Waals surface area contributed by atoms with Crippen LogP contribution in [0.5, 0.6) is 0 Å². The lowest BCUT2D eigenvalue weighted by Gasteiger charge is -2.60. The van der Waals surface area contributed by atoms with Gasteiger partial charge < -0.3 is 10.2 Å². The van der Waals surface area contributed by atoms with E-state index in [1.165, 1.54) is 38.5 Å². The molecule has 0 bridgehead atoms. The zero-order chi connectivity index (χ0) is 22.7. The molecule has 4 nitrogen and oxygen atoms in total. The van der Waals surface area contributed by atoms with Crippen LogP contribution in [0.2, 0.25) is 5.02 Å². The van der Waals surface area contributed by atoms with Gasteiger partial charge in [0.2, 0.25) is 0 Å². The van der Waals surface area contributed by atoms with Crippen molar-refractivity contribution in [1.82, 2.24) is 4.90 Å². The fourth-order valence-corrected chi connectivity index (χ4v) is 8.19. The molecule has 1 aliphatic heterocycles. The minimum absolute atomic E-state index is 0.139. The molecule has 0 radical (unpaired) electrons. The minimum Gasteiger partial charge on any atom is -0.335 e. The van der Waals surface area contributed by atoms with E-state index in [-0.39, 0.29) is 28.8 Å². The zero-order valence-electron chi connectivity index (χ0n) is 19.5. The number of rotatable bonds is 3. The Kier molecular flexibility index (Phi) is 5.43. The van der Waals surface area contributed by atoms with Crippen molar-refractivity contribution in [3.05, 3.63) is 40.9 Å². The van der Waals surface area contributed by atoms with E-state index in [1.807, 2.05) is 24.0 Å². The van der Waals surface area contributed by atoms with Gasteiger partial charge in [-0.1, -0.05) is 50.1 Å². The minimum atomic E-state index is -0.343. The fraction of sp³-hybridized carbons (Fsp3) is 0.630. The monoisotopic (exact) mass is 454 g/mol. The highest BCUT2D eigenvalue weighted by molar-refractivity contribution is 6.34. The van der Waals surface area contributed by atoms with Crippen molar-refractivity contribution in [3.8, 4) is 0 Å². The average Bonchev–Trinajstić information content (AvgIpc) is 3.17. The van der Waals surface area contributed by atoms with Crippen LogP contribution in [0.3, 0.4) is 0 Å². The largest absolute Gasteiger partial charge is 0.335 e. The van der Waals surface area contributed by atoms with Gasteiger partial charge in [-0.3, -0.25) is 9.59 Å². The molecule has 5 rings (SSSR count). The topological polar surface area (TPSA) is 49.4 Å². The van der Waals surface area contributed by atoms with Crippen molar-refractivity contribution in [2.45, 2.75) is 71.8 Å². The first-order chi connectivity index (χ1) is 15.3. The van der Waals surface area contributed by atoms with Crippen LogP contribution in [0.25, 0.3) is 0 Å². The standard InChI is InChI=1S/C27H35ClN2O2/c1-4-30-23-12-11-17-19-8-7-14-26(19,2)15-13-20(17)27(23,3)16-18(25(30)32)24(31)29-22-10-6-5-9-21(22)28/h5-6,9-10,16-17,19-20,23H,4,7-8,11-15H2,1-3H3,(H,29,31)/t17-,19-,20+,23?,26-,27+/m0/s1. The summed E-state index contributed by atoms with van der Waals surface area (Å²) in [6, 6.07) is 7.37. The Morgan fingerprint density at radius 3 is 2.66 bits per heavy atom. The molecule has 5 heteroatoms. The molecule has 32 heavy (non-hydrogen) atoms. The van der Waals surface area contributed by atoms with Gasteiger partial charge >= 0.3 is 0 Å². The Hall–Kier alpha value is -1.81. The molecule has 172 valence electrons. The molecular weight excluding hydrogens is 420 g/mol. The highest BCUT2D eigenvalue weighted by atomic mass is 35.5. The summed E-state index contributed by atoms with van der Waals surface area (Å²) in [5.74, 6) is 1.54. The number of nitrogens with one attached hydrogen (secondary N) is 1. The van der Waals surface area contributed by atoms with E-state index in [9.17, 15) is 9.59 Å². The predicted octanol–water partition coefficient (Wildman–Crippen LogP) is 6.07. The summed E-state index contributed by atoms with van der Waals surface area (Å²) in [6.45, 7) is 7.50. The summed E-state index contributed by atoms with van der Waals surface area (Å²) >= 11 is 6.26. The average molecular weight is 455 g/mol. The molecule has 1 N–H and O–H groups in total. The van der Waals surface area contributed by atoms with Gasteiger partial charge in [-0.25, -0.2) is 0 Å². The molecule has 0 spiro atoms. The molecule has 0 saturated heterocycles. The number of nitrogens with zero attached hydrogens (tertiary/aromatic N) is 1. The quantitative estimate of drug-likeness (QED) is 0.563. The van der Waals surface area contributed by atoms with E-state index >= 15 is 0 Å². The van der Waals surface area contributed by atoms with E-state index in [4.69, 9.17) is 11.6 Å².